The molecule has 0 spiro atoms. The number of aliphatic hydroxyl groups excluding tert-OH is 1. The molecule has 0 fully saturated rings. The molecule has 0 atom stereocenters. The fourth-order valence-corrected chi connectivity index (χ4v) is 2.30. The zero-order chi connectivity index (χ0) is 13.5. The van der Waals surface area contributed by atoms with Crippen molar-refractivity contribution >= 4 is 11.3 Å². The van der Waals surface area contributed by atoms with E-state index in [0.717, 1.165) is 16.2 Å². The molecule has 0 saturated carbocycles. The largest absolute Gasteiger partial charge is 0.488 e. The van der Waals surface area contributed by atoms with Crippen LogP contribution in [0.5, 0.6) is 5.75 Å². The molecule has 0 amide bonds. The van der Waals surface area contributed by atoms with E-state index in [0.29, 0.717) is 13.0 Å². The van der Waals surface area contributed by atoms with Crippen LogP contribution >= 0.6 is 11.3 Å². The normalized spacial score (nSPS) is 9.79. The first-order valence-corrected chi connectivity index (χ1v) is 7.03. The lowest BCUT2D eigenvalue weighted by Gasteiger charge is -2.05. The predicted molar refractivity (Wildman–Crippen MR) is 78.4 cm³/mol. The maximum Gasteiger partial charge on any atom is 0.124 e. The van der Waals surface area contributed by atoms with Gasteiger partial charge in [-0.15, -0.1) is 11.3 Å². The van der Waals surface area contributed by atoms with Crippen molar-refractivity contribution in [1.82, 2.24) is 0 Å². The summed E-state index contributed by atoms with van der Waals surface area (Å²) in [5.41, 5.74) is 2.21. The van der Waals surface area contributed by atoms with Crippen molar-refractivity contribution in [2.24, 2.45) is 0 Å². The molecule has 1 heterocycles. The predicted octanol–water partition coefficient (Wildman–Crippen LogP) is 3.37. The van der Waals surface area contributed by atoms with Gasteiger partial charge in [0.1, 0.15) is 12.4 Å². The summed E-state index contributed by atoms with van der Waals surface area (Å²) >= 11 is 1.64. The molecule has 2 aromatic rings. The van der Waals surface area contributed by atoms with Crippen molar-refractivity contribution in [3.05, 3.63) is 51.7 Å². The Morgan fingerprint density at radius 1 is 1.21 bits per heavy atom. The second-order valence-electron chi connectivity index (χ2n) is 4.13. The summed E-state index contributed by atoms with van der Waals surface area (Å²) in [6, 6.07) is 10.0. The van der Waals surface area contributed by atoms with Crippen molar-refractivity contribution < 1.29 is 9.84 Å². The highest BCUT2D eigenvalue weighted by Gasteiger charge is 2.03. The van der Waals surface area contributed by atoms with Gasteiger partial charge in [0.2, 0.25) is 0 Å². The number of hydrogen-bond acceptors (Lipinski definition) is 3. The van der Waals surface area contributed by atoms with Gasteiger partial charge >= 0.3 is 0 Å². The number of aliphatic hydroxyl groups is 1. The Balaban J connectivity index is 1.98. The molecule has 0 radical (unpaired) electrons. The third-order valence-corrected chi connectivity index (χ3v) is 3.49. The van der Waals surface area contributed by atoms with Crippen LogP contribution in [0.2, 0.25) is 0 Å². The van der Waals surface area contributed by atoms with E-state index >= 15 is 0 Å². The molecule has 0 unspecified atom stereocenters. The van der Waals surface area contributed by atoms with Gasteiger partial charge in [0.05, 0.1) is 11.5 Å². The van der Waals surface area contributed by atoms with Gasteiger partial charge in [0.15, 0.2) is 0 Å². The molecule has 2 nitrogen and oxygen atoms in total. The van der Waals surface area contributed by atoms with Gasteiger partial charge in [0, 0.05) is 12.0 Å². The molecule has 1 N–H and O–H groups in total. The third-order valence-electron chi connectivity index (χ3n) is 2.60. The second-order valence-corrected chi connectivity index (χ2v) is 5.14. The minimum Gasteiger partial charge on any atom is -0.488 e. The van der Waals surface area contributed by atoms with Crippen LogP contribution in [-0.4, -0.2) is 11.7 Å². The van der Waals surface area contributed by atoms with Gasteiger partial charge in [-0.1, -0.05) is 29.5 Å². The van der Waals surface area contributed by atoms with Gasteiger partial charge in [-0.2, -0.15) is 0 Å². The van der Waals surface area contributed by atoms with Crippen molar-refractivity contribution in [2.45, 2.75) is 20.0 Å². The standard InChI is InChI=1S/C16H16O2S/c1-13-5-7-15(8-6-13)18-12-16-14(9-11-19-16)4-2-3-10-17/h5-9,11,17H,3,10,12H2,1H3. The van der Waals surface area contributed by atoms with E-state index < -0.39 is 0 Å². The van der Waals surface area contributed by atoms with Gasteiger partial charge in [-0.05, 0) is 30.5 Å². The van der Waals surface area contributed by atoms with E-state index in [-0.39, 0.29) is 6.61 Å². The summed E-state index contributed by atoms with van der Waals surface area (Å²) in [4.78, 5) is 1.12. The van der Waals surface area contributed by atoms with Gasteiger partial charge in [0.25, 0.3) is 0 Å². The lowest BCUT2D eigenvalue weighted by Crippen LogP contribution is -1.94. The zero-order valence-electron chi connectivity index (χ0n) is 10.8. The maximum atomic E-state index is 8.71. The van der Waals surface area contributed by atoms with Gasteiger partial charge in [-0.25, -0.2) is 0 Å². The highest BCUT2D eigenvalue weighted by molar-refractivity contribution is 7.10. The molecule has 1 aromatic heterocycles. The average molecular weight is 272 g/mol. The molecule has 3 heteroatoms. The first-order valence-electron chi connectivity index (χ1n) is 6.15. The van der Waals surface area contributed by atoms with Crippen molar-refractivity contribution in [3.8, 4) is 17.6 Å². The van der Waals surface area contributed by atoms with E-state index in [9.17, 15) is 0 Å². The average Bonchev–Trinajstić information content (AvgIpc) is 2.86. The molecule has 0 aliphatic carbocycles. The highest BCUT2D eigenvalue weighted by atomic mass is 32.1. The number of ether oxygens (including phenoxy) is 1. The highest BCUT2D eigenvalue weighted by Crippen LogP contribution is 2.19. The SMILES string of the molecule is Cc1ccc(OCc2sccc2C#CCCO)cc1. The van der Waals surface area contributed by atoms with Crippen molar-refractivity contribution in [3.63, 3.8) is 0 Å². The summed E-state index contributed by atoms with van der Waals surface area (Å²) in [5.74, 6) is 6.86. The lowest BCUT2D eigenvalue weighted by atomic mass is 10.2. The number of hydrogen-bond donors (Lipinski definition) is 1. The Bertz CT molecular complexity index is 573. The maximum absolute atomic E-state index is 8.71. The molecule has 0 saturated heterocycles. The molecular weight excluding hydrogens is 256 g/mol. The number of thiophene rings is 1. The number of rotatable bonds is 4. The first kappa shape index (κ1) is 13.7. The molecule has 2 rings (SSSR count). The molecule has 0 aliphatic heterocycles. The van der Waals surface area contributed by atoms with Crippen molar-refractivity contribution in [1.29, 1.82) is 0 Å². The third kappa shape index (κ3) is 4.13. The van der Waals surface area contributed by atoms with Crippen LogP contribution in [0.4, 0.5) is 0 Å². The lowest BCUT2D eigenvalue weighted by molar-refractivity contribution is 0.305. The van der Waals surface area contributed by atoms with E-state index in [1.54, 1.807) is 11.3 Å². The zero-order valence-corrected chi connectivity index (χ0v) is 11.7. The topological polar surface area (TPSA) is 29.5 Å². The minimum atomic E-state index is 0.104. The molecule has 1 aromatic carbocycles. The van der Waals surface area contributed by atoms with Gasteiger partial charge in [-0.3, -0.25) is 0 Å². The Morgan fingerprint density at radius 3 is 2.74 bits per heavy atom. The Morgan fingerprint density at radius 2 is 2.00 bits per heavy atom. The first-order chi connectivity index (χ1) is 9.29. The molecular formula is C16H16O2S. The Kier molecular flexibility index (Phi) is 5.02. The number of benzene rings is 1. The monoisotopic (exact) mass is 272 g/mol. The molecule has 19 heavy (non-hydrogen) atoms. The summed E-state index contributed by atoms with van der Waals surface area (Å²) in [6.45, 7) is 2.69. The Labute approximate surface area is 117 Å². The van der Waals surface area contributed by atoms with Crippen LogP contribution in [0.25, 0.3) is 0 Å². The Hall–Kier alpha value is -1.76. The van der Waals surface area contributed by atoms with Crippen LogP contribution in [0.3, 0.4) is 0 Å². The van der Waals surface area contributed by atoms with Crippen LogP contribution in [0.1, 0.15) is 22.4 Å². The van der Waals surface area contributed by atoms with Crippen LogP contribution in [-0.2, 0) is 6.61 Å². The summed E-state index contributed by atoms with van der Waals surface area (Å²) in [5, 5.41) is 10.7. The minimum absolute atomic E-state index is 0.104. The number of aryl methyl sites for hydroxylation is 1. The molecule has 0 aliphatic rings. The van der Waals surface area contributed by atoms with Crippen LogP contribution < -0.4 is 4.74 Å². The van der Waals surface area contributed by atoms with E-state index in [1.165, 1.54) is 5.56 Å². The van der Waals surface area contributed by atoms with E-state index in [2.05, 4.69) is 18.8 Å². The van der Waals surface area contributed by atoms with Crippen LogP contribution in [0.15, 0.2) is 35.7 Å². The van der Waals surface area contributed by atoms with E-state index in [4.69, 9.17) is 9.84 Å². The summed E-state index contributed by atoms with van der Waals surface area (Å²) < 4.78 is 5.75. The second kappa shape index (κ2) is 6.98. The fraction of sp³-hybridized carbons (Fsp3) is 0.250. The summed E-state index contributed by atoms with van der Waals surface area (Å²) in [6.07, 6.45) is 0.508. The summed E-state index contributed by atoms with van der Waals surface area (Å²) in [7, 11) is 0. The molecule has 0 bridgehead atoms. The van der Waals surface area contributed by atoms with Crippen molar-refractivity contribution in [2.75, 3.05) is 6.61 Å². The van der Waals surface area contributed by atoms with Gasteiger partial charge < -0.3 is 9.84 Å². The van der Waals surface area contributed by atoms with E-state index in [1.807, 2.05) is 35.7 Å². The molecule has 98 valence electrons. The smallest absolute Gasteiger partial charge is 0.124 e. The van der Waals surface area contributed by atoms with Crippen LogP contribution in [0, 0.1) is 18.8 Å². The quantitative estimate of drug-likeness (QED) is 0.865. The fourth-order valence-electron chi connectivity index (χ4n) is 1.56.